The summed E-state index contributed by atoms with van der Waals surface area (Å²) in [5.74, 6) is 0.121. The van der Waals surface area contributed by atoms with Gasteiger partial charge in [-0.2, -0.15) is 0 Å². The van der Waals surface area contributed by atoms with E-state index in [1.54, 1.807) is 19.1 Å². The lowest BCUT2D eigenvalue weighted by Gasteiger charge is -2.12. The van der Waals surface area contributed by atoms with Gasteiger partial charge in [0, 0.05) is 42.1 Å². The summed E-state index contributed by atoms with van der Waals surface area (Å²) in [7, 11) is -2.81. The third-order valence-corrected chi connectivity index (χ3v) is 6.49. The van der Waals surface area contributed by atoms with Crippen LogP contribution in [0.5, 0.6) is 5.75 Å². The summed E-state index contributed by atoms with van der Waals surface area (Å²) >= 11 is 0. The van der Waals surface area contributed by atoms with Gasteiger partial charge in [0.05, 0.1) is 28.3 Å². The highest BCUT2D eigenvalue weighted by Gasteiger charge is 2.23. The van der Waals surface area contributed by atoms with Crippen molar-refractivity contribution in [1.29, 1.82) is 0 Å². The molecule has 0 saturated carbocycles. The first-order valence-electron chi connectivity index (χ1n) is 10.6. The predicted octanol–water partition coefficient (Wildman–Crippen LogP) is 4.43. The summed E-state index contributed by atoms with van der Waals surface area (Å²) in [5, 5.41) is 5.50. The molecule has 0 radical (unpaired) electrons. The summed E-state index contributed by atoms with van der Waals surface area (Å²) in [6.45, 7) is 2.47. The van der Waals surface area contributed by atoms with Crippen molar-refractivity contribution in [3.63, 3.8) is 0 Å². The second-order valence-corrected chi connectivity index (χ2v) is 10.1. The number of nitrogens with one attached hydrogen (secondary N) is 2. The number of hydrogen-bond acceptors (Lipinski definition) is 6. The Labute approximate surface area is 196 Å². The van der Waals surface area contributed by atoms with Crippen LogP contribution in [0.4, 0.5) is 25.2 Å². The molecule has 1 atom stereocenters. The van der Waals surface area contributed by atoms with E-state index >= 15 is 0 Å². The number of hydrogen-bond donors (Lipinski definition) is 2. The van der Waals surface area contributed by atoms with Crippen LogP contribution in [0.15, 0.2) is 47.1 Å². The van der Waals surface area contributed by atoms with Gasteiger partial charge in [-0.25, -0.2) is 27.8 Å². The van der Waals surface area contributed by atoms with E-state index in [1.165, 1.54) is 30.7 Å². The number of ether oxygens (including phenoxy) is 1. The van der Waals surface area contributed by atoms with Crippen LogP contribution < -0.4 is 15.4 Å². The number of pyridine rings is 2. The van der Waals surface area contributed by atoms with Crippen LogP contribution in [0.25, 0.3) is 11.1 Å². The van der Waals surface area contributed by atoms with Crippen LogP contribution in [-0.4, -0.2) is 39.6 Å². The second-order valence-electron chi connectivity index (χ2n) is 7.76. The standard InChI is InChI=1S/C23H23F2N5O3S/c1-3-26-23(31)30-34(2,32)13-14-6-8-27-20(10-14)29-21-11-17(19(25)12-28-21)15-4-5-18(24)16-7-9-33-22(15)16/h4-6,8,10-12H,3,7,9,13H2,1-2H3,(H,26,31)(H,27,28,29). The van der Waals surface area contributed by atoms with E-state index in [9.17, 15) is 17.8 Å². The summed E-state index contributed by atoms with van der Waals surface area (Å²) in [6.07, 6.45) is 4.42. The zero-order chi connectivity index (χ0) is 24.3. The zero-order valence-electron chi connectivity index (χ0n) is 18.6. The summed E-state index contributed by atoms with van der Waals surface area (Å²) in [5.41, 5.74) is 1.73. The number of aromatic nitrogens is 2. The minimum atomic E-state index is -2.81. The molecule has 0 bridgehead atoms. The first-order valence-corrected chi connectivity index (χ1v) is 12.6. The van der Waals surface area contributed by atoms with E-state index in [2.05, 4.69) is 25.0 Å². The smallest absolute Gasteiger partial charge is 0.349 e. The Balaban J connectivity index is 1.59. The Morgan fingerprint density at radius 2 is 1.94 bits per heavy atom. The lowest BCUT2D eigenvalue weighted by molar-refractivity contribution is 0.250. The Morgan fingerprint density at radius 1 is 1.15 bits per heavy atom. The van der Waals surface area contributed by atoms with Crippen molar-refractivity contribution in [2.24, 2.45) is 4.36 Å². The maximum Gasteiger partial charge on any atom is 0.349 e. The molecule has 178 valence electrons. The molecule has 2 amide bonds. The van der Waals surface area contributed by atoms with Crippen molar-refractivity contribution < 1.29 is 22.5 Å². The lowest BCUT2D eigenvalue weighted by Crippen LogP contribution is -2.20. The van der Waals surface area contributed by atoms with Gasteiger partial charge in [0.25, 0.3) is 0 Å². The Kier molecular flexibility index (Phi) is 6.73. The molecule has 34 heavy (non-hydrogen) atoms. The number of amides is 2. The van der Waals surface area contributed by atoms with Crippen LogP contribution in [-0.2, 0) is 21.9 Å². The molecule has 8 nitrogen and oxygen atoms in total. The molecule has 1 aromatic carbocycles. The molecule has 0 saturated heterocycles. The highest BCUT2D eigenvalue weighted by Crippen LogP contribution is 2.39. The molecule has 1 unspecified atom stereocenters. The quantitative estimate of drug-likeness (QED) is 0.533. The molecule has 2 aromatic heterocycles. The Morgan fingerprint density at radius 3 is 2.74 bits per heavy atom. The van der Waals surface area contributed by atoms with E-state index in [0.717, 1.165) is 6.20 Å². The number of anilines is 2. The highest BCUT2D eigenvalue weighted by molar-refractivity contribution is 7.92. The number of urea groups is 1. The molecule has 0 fully saturated rings. The van der Waals surface area contributed by atoms with Gasteiger partial charge in [-0.05, 0) is 42.8 Å². The minimum absolute atomic E-state index is 0.0441. The molecule has 3 aromatic rings. The van der Waals surface area contributed by atoms with Gasteiger partial charge in [-0.3, -0.25) is 0 Å². The summed E-state index contributed by atoms with van der Waals surface area (Å²) in [4.78, 5) is 20.0. The molecule has 1 aliphatic heterocycles. The van der Waals surface area contributed by atoms with Crippen molar-refractivity contribution in [3.05, 3.63) is 65.5 Å². The maximum absolute atomic E-state index is 14.6. The topological polar surface area (TPSA) is 106 Å². The molecular formula is C23H23F2N5O3S. The van der Waals surface area contributed by atoms with Crippen LogP contribution in [0.1, 0.15) is 18.1 Å². The first kappa shape index (κ1) is 23.6. The van der Waals surface area contributed by atoms with E-state index in [4.69, 9.17) is 4.74 Å². The van der Waals surface area contributed by atoms with Gasteiger partial charge in [-0.15, -0.1) is 4.36 Å². The van der Waals surface area contributed by atoms with Crippen LogP contribution in [0.2, 0.25) is 0 Å². The molecule has 3 heterocycles. The van der Waals surface area contributed by atoms with Gasteiger partial charge in [0.1, 0.15) is 29.0 Å². The van der Waals surface area contributed by atoms with Crippen molar-refractivity contribution in [2.45, 2.75) is 19.1 Å². The van der Waals surface area contributed by atoms with E-state index in [1.807, 2.05) is 0 Å². The zero-order valence-corrected chi connectivity index (χ0v) is 19.4. The molecule has 11 heteroatoms. The number of benzene rings is 1. The normalized spacial score (nSPS) is 14.0. The molecule has 0 aliphatic carbocycles. The maximum atomic E-state index is 14.6. The number of nitrogens with zero attached hydrogens (tertiary/aromatic N) is 3. The van der Waals surface area contributed by atoms with Crippen LogP contribution >= 0.6 is 0 Å². The largest absolute Gasteiger partial charge is 0.492 e. The first-order chi connectivity index (χ1) is 16.3. The fourth-order valence-corrected chi connectivity index (χ4v) is 4.92. The number of carbonyl (C=O) groups is 1. The summed E-state index contributed by atoms with van der Waals surface area (Å²) in [6, 6.07) is 6.98. The van der Waals surface area contributed by atoms with Crippen LogP contribution in [0.3, 0.4) is 0 Å². The molecular weight excluding hydrogens is 464 g/mol. The van der Waals surface area contributed by atoms with Gasteiger partial charge >= 0.3 is 6.03 Å². The van der Waals surface area contributed by atoms with E-state index < -0.39 is 21.6 Å². The van der Waals surface area contributed by atoms with Crippen molar-refractivity contribution in [2.75, 3.05) is 24.7 Å². The molecule has 0 spiro atoms. The van der Waals surface area contributed by atoms with Crippen LogP contribution in [0, 0.1) is 11.6 Å². The van der Waals surface area contributed by atoms with Gasteiger partial charge in [0.15, 0.2) is 0 Å². The third-order valence-electron chi connectivity index (χ3n) is 5.07. The Bertz CT molecular complexity index is 1370. The van der Waals surface area contributed by atoms with E-state index in [0.29, 0.717) is 53.6 Å². The number of carbonyl (C=O) groups excluding carboxylic acids is 1. The third kappa shape index (κ3) is 5.30. The second kappa shape index (κ2) is 9.72. The summed E-state index contributed by atoms with van der Waals surface area (Å²) < 4.78 is 50.7. The highest BCUT2D eigenvalue weighted by atomic mass is 32.2. The molecule has 1 aliphatic rings. The average Bonchev–Trinajstić information content (AvgIpc) is 3.26. The van der Waals surface area contributed by atoms with Crippen molar-refractivity contribution in [3.8, 4) is 16.9 Å². The van der Waals surface area contributed by atoms with Gasteiger partial charge < -0.3 is 15.4 Å². The lowest BCUT2D eigenvalue weighted by atomic mass is 10.0. The van der Waals surface area contributed by atoms with E-state index in [-0.39, 0.29) is 17.1 Å². The minimum Gasteiger partial charge on any atom is -0.492 e. The monoisotopic (exact) mass is 487 g/mol. The fraction of sp³-hybridized carbons (Fsp3) is 0.261. The number of fused-ring (bicyclic) bond motifs is 1. The number of halogens is 2. The average molecular weight is 488 g/mol. The number of rotatable bonds is 6. The van der Waals surface area contributed by atoms with Gasteiger partial charge in [0.2, 0.25) is 0 Å². The Hall–Kier alpha value is -3.60. The predicted molar refractivity (Wildman–Crippen MR) is 126 cm³/mol. The molecule has 2 N–H and O–H groups in total. The SMILES string of the molecule is CCNC(=O)N=S(C)(=O)Cc1ccnc(Nc2cc(-c3ccc(F)c4c3OCC4)c(F)cn2)c1. The van der Waals surface area contributed by atoms with Gasteiger partial charge in [-0.1, -0.05) is 0 Å². The van der Waals surface area contributed by atoms with Crippen molar-refractivity contribution in [1.82, 2.24) is 15.3 Å². The molecule has 4 rings (SSSR count). The fourth-order valence-electron chi connectivity index (χ4n) is 3.65. The van der Waals surface area contributed by atoms with Crippen molar-refractivity contribution >= 4 is 27.4 Å².